The van der Waals surface area contributed by atoms with Gasteiger partial charge in [-0.3, -0.25) is 9.79 Å². The fraction of sp³-hybridized carbons (Fsp3) is 0.300. The fourth-order valence-electron chi connectivity index (χ4n) is 3.15. The number of primary amides is 1. The number of hydrogen-bond donors (Lipinski definition) is 2. The first-order chi connectivity index (χ1) is 13.1. The van der Waals surface area contributed by atoms with Gasteiger partial charge in [0, 0.05) is 56.0 Å². The van der Waals surface area contributed by atoms with Crippen molar-refractivity contribution >= 4 is 53.1 Å². The summed E-state index contributed by atoms with van der Waals surface area (Å²) in [4.78, 5) is 20.1. The Morgan fingerprint density at radius 3 is 2.39 bits per heavy atom. The molecule has 0 aromatic heterocycles. The first kappa shape index (κ1) is 22.3. The standard InChI is InChI=1S/C20H24ClN5O.HI/c1-23-20(24-14-15-5-7-16(8-6-15)19(22)27)26-11-9-25(10-12-26)18-4-2-3-17(21)13-18;/h2-8,13H,9-12,14H2,1H3,(H2,22,27)(H,23,24);1H. The number of aliphatic imine (C=N–C) groups is 1. The van der Waals surface area contributed by atoms with Crippen LogP contribution in [0.5, 0.6) is 0 Å². The lowest BCUT2D eigenvalue weighted by atomic mass is 10.1. The van der Waals surface area contributed by atoms with E-state index in [0.717, 1.165) is 48.4 Å². The Hall–Kier alpha value is -2.00. The van der Waals surface area contributed by atoms with Gasteiger partial charge in [-0.05, 0) is 35.9 Å². The minimum atomic E-state index is -0.414. The molecule has 3 rings (SSSR count). The smallest absolute Gasteiger partial charge is 0.248 e. The molecule has 0 radical (unpaired) electrons. The average molecular weight is 514 g/mol. The third-order valence-electron chi connectivity index (χ3n) is 4.65. The number of nitrogens with two attached hydrogens (primary N) is 1. The predicted octanol–water partition coefficient (Wildman–Crippen LogP) is 2.95. The number of anilines is 1. The van der Waals surface area contributed by atoms with Gasteiger partial charge >= 0.3 is 0 Å². The molecular formula is C20H25ClIN5O. The van der Waals surface area contributed by atoms with Gasteiger partial charge in [0.15, 0.2) is 5.96 Å². The van der Waals surface area contributed by atoms with Gasteiger partial charge in [-0.25, -0.2) is 0 Å². The highest BCUT2D eigenvalue weighted by Gasteiger charge is 2.19. The van der Waals surface area contributed by atoms with Crippen LogP contribution in [0.15, 0.2) is 53.5 Å². The second-order valence-electron chi connectivity index (χ2n) is 6.42. The molecule has 28 heavy (non-hydrogen) atoms. The lowest BCUT2D eigenvalue weighted by molar-refractivity contribution is 0.100. The second-order valence-corrected chi connectivity index (χ2v) is 6.85. The molecule has 0 unspecified atom stereocenters. The van der Waals surface area contributed by atoms with Crippen molar-refractivity contribution in [1.29, 1.82) is 0 Å². The van der Waals surface area contributed by atoms with Crippen molar-refractivity contribution in [3.63, 3.8) is 0 Å². The Labute approximate surface area is 187 Å². The van der Waals surface area contributed by atoms with Crippen molar-refractivity contribution < 1.29 is 4.79 Å². The number of amides is 1. The monoisotopic (exact) mass is 513 g/mol. The van der Waals surface area contributed by atoms with Crippen molar-refractivity contribution in [3.8, 4) is 0 Å². The van der Waals surface area contributed by atoms with E-state index in [1.54, 1.807) is 19.2 Å². The second kappa shape index (κ2) is 10.5. The molecule has 1 aliphatic heterocycles. The summed E-state index contributed by atoms with van der Waals surface area (Å²) in [6, 6.07) is 15.2. The van der Waals surface area contributed by atoms with E-state index in [1.807, 2.05) is 30.3 Å². The summed E-state index contributed by atoms with van der Waals surface area (Å²) in [6.07, 6.45) is 0. The summed E-state index contributed by atoms with van der Waals surface area (Å²) in [5, 5.41) is 4.15. The van der Waals surface area contributed by atoms with Gasteiger partial charge in [0.25, 0.3) is 0 Å². The quantitative estimate of drug-likeness (QED) is 0.375. The van der Waals surface area contributed by atoms with Gasteiger partial charge in [0.05, 0.1) is 0 Å². The van der Waals surface area contributed by atoms with Crippen molar-refractivity contribution in [2.24, 2.45) is 10.7 Å². The van der Waals surface area contributed by atoms with E-state index >= 15 is 0 Å². The third-order valence-corrected chi connectivity index (χ3v) is 4.89. The Kier molecular flexibility index (Phi) is 8.37. The molecule has 1 fully saturated rings. The fourth-order valence-corrected chi connectivity index (χ4v) is 3.33. The van der Waals surface area contributed by atoms with Crippen LogP contribution >= 0.6 is 35.6 Å². The van der Waals surface area contributed by atoms with Crippen LogP contribution in [0, 0.1) is 0 Å². The van der Waals surface area contributed by atoms with E-state index in [9.17, 15) is 4.79 Å². The maximum atomic E-state index is 11.1. The summed E-state index contributed by atoms with van der Waals surface area (Å²) in [6.45, 7) is 4.22. The Balaban J connectivity index is 0.00000280. The molecule has 6 nitrogen and oxygen atoms in total. The Morgan fingerprint density at radius 2 is 1.82 bits per heavy atom. The van der Waals surface area contributed by atoms with E-state index in [0.29, 0.717) is 12.1 Å². The van der Waals surface area contributed by atoms with E-state index in [4.69, 9.17) is 17.3 Å². The number of guanidine groups is 1. The number of piperazine rings is 1. The van der Waals surface area contributed by atoms with Gasteiger partial charge in [-0.1, -0.05) is 29.8 Å². The Bertz CT molecular complexity index is 820. The van der Waals surface area contributed by atoms with Crippen LogP contribution in [0.4, 0.5) is 5.69 Å². The summed E-state index contributed by atoms with van der Waals surface area (Å²) in [7, 11) is 1.79. The highest BCUT2D eigenvalue weighted by molar-refractivity contribution is 14.0. The molecule has 1 amide bonds. The van der Waals surface area contributed by atoms with Gasteiger partial charge in [-0.15, -0.1) is 24.0 Å². The molecule has 2 aromatic rings. The van der Waals surface area contributed by atoms with Gasteiger partial charge in [0.2, 0.25) is 5.91 Å². The molecule has 1 saturated heterocycles. The normalized spacial score (nSPS) is 14.4. The van der Waals surface area contributed by atoms with Crippen molar-refractivity contribution in [2.45, 2.75) is 6.54 Å². The van der Waals surface area contributed by atoms with Crippen molar-refractivity contribution in [2.75, 3.05) is 38.1 Å². The minimum Gasteiger partial charge on any atom is -0.368 e. The molecule has 0 aliphatic carbocycles. The SMILES string of the molecule is CN=C(NCc1ccc(C(N)=O)cc1)N1CCN(c2cccc(Cl)c2)CC1.I. The van der Waals surface area contributed by atoms with Crippen LogP contribution in [-0.4, -0.2) is 50.0 Å². The van der Waals surface area contributed by atoms with E-state index < -0.39 is 5.91 Å². The summed E-state index contributed by atoms with van der Waals surface area (Å²) >= 11 is 6.10. The van der Waals surface area contributed by atoms with Gasteiger partial charge < -0.3 is 20.9 Å². The van der Waals surface area contributed by atoms with Crippen LogP contribution in [0.2, 0.25) is 5.02 Å². The molecule has 0 saturated carbocycles. The molecular weight excluding hydrogens is 489 g/mol. The largest absolute Gasteiger partial charge is 0.368 e. The van der Waals surface area contributed by atoms with Crippen molar-refractivity contribution in [3.05, 3.63) is 64.7 Å². The molecule has 150 valence electrons. The molecule has 0 bridgehead atoms. The predicted molar refractivity (Wildman–Crippen MR) is 126 cm³/mol. The minimum absolute atomic E-state index is 0. The molecule has 0 atom stereocenters. The van der Waals surface area contributed by atoms with Crippen LogP contribution in [0.1, 0.15) is 15.9 Å². The number of benzene rings is 2. The van der Waals surface area contributed by atoms with Crippen LogP contribution in [0.3, 0.4) is 0 Å². The lowest BCUT2D eigenvalue weighted by Gasteiger charge is -2.37. The van der Waals surface area contributed by atoms with Gasteiger partial charge in [0.1, 0.15) is 0 Å². The number of nitrogens with one attached hydrogen (secondary N) is 1. The van der Waals surface area contributed by atoms with E-state index in [-0.39, 0.29) is 24.0 Å². The number of halogens is 2. The topological polar surface area (TPSA) is 74.0 Å². The molecule has 1 aliphatic rings. The van der Waals surface area contributed by atoms with Crippen LogP contribution < -0.4 is 16.0 Å². The highest BCUT2D eigenvalue weighted by atomic mass is 127. The number of hydrogen-bond acceptors (Lipinski definition) is 3. The number of nitrogens with zero attached hydrogens (tertiary/aromatic N) is 3. The molecule has 0 spiro atoms. The van der Waals surface area contributed by atoms with E-state index in [1.165, 1.54) is 0 Å². The maximum Gasteiger partial charge on any atom is 0.248 e. The maximum absolute atomic E-state index is 11.1. The Morgan fingerprint density at radius 1 is 1.14 bits per heavy atom. The van der Waals surface area contributed by atoms with Crippen LogP contribution in [-0.2, 0) is 6.54 Å². The number of rotatable bonds is 4. The molecule has 1 heterocycles. The number of carbonyl (C=O) groups excluding carboxylic acids is 1. The first-order valence-electron chi connectivity index (χ1n) is 8.91. The average Bonchev–Trinajstić information content (AvgIpc) is 2.69. The van der Waals surface area contributed by atoms with Crippen molar-refractivity contribution in [1.82, 2.24) is 10.2 Å². The summed E-state index contributed by atoms with van der Waals surface area (Å²) in [5.74, 6) is 0.461. The molecule has 2 aromatic carbocycles. The highest BCUT2D eigenvalue weighted by Crippen LogP contribution is 2.20. The third kappa shape index (κ3) is 5.75. The first-order valence-corrected chi connectivity index (χ1v) is 9.29. The van der Waals surface area contributed by atoms with Gasteiger partial charge in [-0.2, -0.15) is 0 Å². The molecule has 8 heteroatoms. The van der Waals surface area contributed by atoms with E-state index in [2.05, 4.69) is 26.2 Å². The summed E-state index contributed by atoms with van der Waals surface area (Å²) < 4.78 is 0. The zero-order valence-corrected chi connectivity index (χ0v) is 18.9. The zero-order valence-electron chi connectivity index (χ0n) is 15.8. The number of carbonyl (C=O) groups is 1. The lowest BCUT2D eigenvalue weighted by Crippen LogP contribution is -2.52. The zero-order chi connectivity index (χ0) is 19.2. The van der Waals surface area contributed by atoms with Crippen LogP contribution in [0.25, 0.3) is 0 Å². The summed E-state index contributed by atoms with van der Waals surface area (Å²) in [5.41, 5.74) is 8.01. The molecule has 3 N–H and O–H groups in total.